The fourth-order valence-electron chi connectivity index (χ4n) is 5.60. The van der Waals surface area contributed by atoms with Crippen molar-refractivity contribution in [3.8, 4) is 0 Å². The van der Waals surface area contributed by atoms with Gasteiger partial charge in [0, 0.05) is 6.61 Å². The van der Waals surface area contributed by atoms with Gasteiger partial charge in [-0.05, 0) is 68.0 Å². The maximum absolute atomic E-state index is 6.15. The Kier molecular flexibility index (Phi) is 7.58. The number of benzene rings is 5. The summed E-state index contributed by atoms with van der Waals surface area (Å²) >= 11 is 0. The van der Waals surface area contributed by atoms with Gasteiger partial charge in [-0.25, -0.2) is 0 Å². The molecule has 0 saturated carbocycles. The van der Waals surface area contributed by atoms with Crippen molar-refractivity contribution in [1.29, 1.82) is 0 Å². The van der Waals surface area contributed by atoms with Crippen molar-refractivity contribution in [3.63, 3.8) is 0 Å². The third kappa shape index (κ3) is 4.76. The van der Waals surface area contributed by atoms with Crippen LogP contribution in [0.4, 0.5) is 0 Å². The van der Waals surface area contributed by atoms with Gasteiger partial charge >= 0.3 is 0 Å². The summed E-state index contributed by atoms with van der Waals surface area (Å²) in [5.41, 5.74) is 6.85. The molecular weight excluding hydrogens is 414 g/mol. The summed E-state index contributed by atoms with van der Waals surface area (Å²) in [4.78, 5) is 0. The molecule has 5 aromatic carbocycles. The molecule has 0 bridgehead atoms. The lowest BCUT2D eigenvalue weighted by Crippen LogP contribution is -1.98. The van der Waals surface area contributed by atoms with E-state index >= 15 is 0 Å². The minimum Gasteiger partial charge on any atom is -0.377 e. The summed E-state index contributed by atoms with van der Waals surface area (Å²) in [5.74, 6) is 0. The first-order valence-corrected chi connectivity index (χ1v) is 13.2. The van der Waals surface area contributed by atoms with E-state index in [2.05, 4.69) is 66.7 Å². The Hall–Kier alpha value is -2.68. The predicted octanol–water partition coefficient (Wildman–Crippen LogP) is 8.72. The van der Waals surface area contributed by atoms with Crippen LogP contribution < -0.4 is 5.73 Å². The molecule has 0 saturated heterocycles. The molecular formula is C32H37NO. The molecule has 176 valence electrons. The summed E-state index contributed by atoms with van der Waals surface area (Å²) in [5, 5.41) is 10.8. The van der Waals surface area contributed by atoms with Crippen molar-refractivity contribution < 1.29 is 4.74 Å². The molecule has 0 amide bonds. The normalized spacial score (nSPS) is 12.0. The monoisotopic (exact) mass is 451 g/mol. The SMILES string of the molecule is NCCCCCCCCCCCOCc1ccc2c3cccc4cccc(c5cccc1c52)c43. The van der Waals surface area contributed by atoms with Gasteiger partial charge < -0.3 is 10.5 Å². The topological polar surface area (TPSA) is 35.2 Å². The highest BCUT2D eigenvalue weighted by Gasteiger charge is 2.14. The van der Waals surface area contributed by atoms with Crippen molar-refractivity contribution in [2.24, 2.45) is 5.73 Å². The largest absolute Gasteiger partial charge is 0.377 e. The quantitative estimate of drug-likeness (QED) is 0.110. The second kappa shape index (κ2) is 11.2. The first-order chi connectivity index (χ1) is 16.9. The lowest BCUT2D eigenvalue weighted by molar-refractivity contribution is 0.117. The van der Waals surface area contributed by atoms with Crippen LogP contribution in [-0.2, 0) is 11.3 Å². The highest BCUT2D eigenvalue weighted by molar-refractivity contribution is 6.33. The number of unbranched alkanes of at least 4 members (excludes halogenated alkanes) is 8. The number of rotatable bonds is 13. The first-order valence-electron chi connectivity index (χ1n) is 13.2. The maximum Gasteiger partial charge on any atom is 0.0722 e. The van der Waals surface area contributed by atoms with Crippen molar-refractivity contribution >= 4 is 43.1 Å². The number of hydrogen-bond acceptors (Lipinski definition) is 2. The number of hydrogen-bond donors (Lipinski definition) is 1. The molecule has 0 fully saturated rings. The van der Waals surface area contributed by atoms with Crippen molar-refractivity contribution in [1.82, 2.24) is 0 Å². The van der Waals surface area contributed by atoms with Gasteiger partial charge in [-0.1, -0.05) is 112 Å². The Bertz CT molecular complexity index is 1310. The molecule has 2 heteroatoms. The fraction of sp³-hybridized carbons (Fsp3) is 0.375. The van der Waals surface area contributed by atoms with Crippen LogP contribution in [-0.4, -0.2) is 13.2 Å². The molecule has 0 aliphatic rings. The molecule has 0 aromatic heterocycles. The van der Waals surface area contributed by atoms with E-state index in [1.54, 1.807) is 0 Å². The lowest BCUT2D eigenvalue weighted by atomic mass is 9.88. The van der Waals surface area contributed by atoms with E-state index < -0.39 is 0 Å². The highest BCUT2D eigenvalue weighted by Crippen LogP contribution is 2.40. The van der Waals surface area contributed by atoms with Gasteiger partial charge in [0.1, 0.15) is 0 Å². The zero-order chi connectivity index (χ0) is 23.2. The molecule has 0 aliphatic heterocycles. The van der Waals surface area contributed by atoms with E-state index in [1.807, 2.05) is 0 Å². The van der Waals surface area contributed by atoms with Gasteiger partial charge in [-0.3, -0.25) is 0 Å². The van der Waals surface area contributed by atoms with Gasteiger partial charge in [0.15, 0.2) is 0 Å². The number of nitrogens with two attached hydrogens (primary N) is 1. The third-order valence-corrected chi connectivity index (χ3v) is 7.37. The van der Waals surface area contributed by atoms with Gasteiger partial charge in [0.25, 0.3) is 0 Å². The van der Waals surface area contributed by atoms with Crippen LogP contribution in [0.3, 0.4) is 0 Å². The fourth-order valence-corrected chi connectivity index (χ4v) is 5.60. The van der Waals surface area contributed by atoms with Crippen molar-refractivity contribution in [2.45, 2.75) is 64.4 Å². The molecule has 0 aliphatic carbocycles. The van der Waals surface area contributed by atoms with E-state index in [0.29, 0.717) is 6.61 Å². The summed E-state index contributed by atoms with van der Waals surface area (Å²) in [6.07, 6.45) is 11.7. The van der Waals surface area contributed by atoms with Crippen LogP contribution in [0, 0.1) is 0 Å². The highest BCUT2D eigenvalue weighted by atomic mass is 16.5. The van der Waals surface area contributed by atoms with Gasteiger partial charge in [0.05, 0.1) is 6.61 Å². The van der Waals surface area contributed by atoms with Crippen LogP contribution in [0.1, 0.15) is 63.4 Å². The molecule has 5 rings (SSSR count). The summed E-state index contributed by atoms with van der Waals surface area (Å²) in [6.45, 7) is 2.38. The number of fused-ring (bicyclic) bond motifs is 2. The maximum atomic E-state index is 6.15. The van der Waals surface area contributed by atoms with Crippen LogP contribution in [0.15, 0.2) is 66.7 Å². The Morgan fingerprint density at radius 1 is 0.500 bits per heavy atom. The predicted molar refractivity (Wildman–Crippen MR) is 148 cm³/mol. The van der Waals surface area contributed by atoms with E-state index in [9.17, 15) is 0 Å². The second-order valence-corrected chi connectivity index (χ2v) is 9.73. The summed E-state index contributed by atoms with van der Waals surface area (Å²) in [6, 6.07) is 24.7. The molecule has 2 nitrogen and oxygen atoms in total. The zero-order valence-corrected chi connectivity index (χ0v) is 20.3. The van der Waals surface area contributed by atoms with Gasteiger partial charge in [-0.15, -0.1) is 0 Å². The lowest BCUT2D eigenvalue weighted by Gasteiger charge is -2.16. The van der Waals surface area contributed by atoms with Crippen LogP contribution >= 0.6 is 0 Å². The smallest absolute Gasteiger partial charge is 0.0722 e. The standard InChI is InChI=1S/C32H37NO/c33-21-8-6-4-2-1-3-5-7-9-22-34-23-25-19-20-30-28-17-11-14-24-13-10-16-27(31(24)28)29-18-12-15-26(25)32(29)30/h10-20H,1-9,21-23,33H2. The zero-order valence-electron chi connectivity index (χ0n) is 20.3. The van der Waals surface area contributed by atoms with Crippen LogP contribution in [0.5, 0.6) is 0 Å². The van der Waals surface area contributed by atoms with E-state index in [4.69, 9.17) is 10.5 Å². The van der Waals surface area contributed by atoms with Crippen LogP contribution in [0.2, 0.25) is 0 Å². The molecule has 0 atom stereocenters. The Morgan fingerprint density at radius 2 is 1.03 bits per heavy atom. The van der Waals surface area contributed by atoms with E-state index in [0.717, 1.165) is 19.6 Å². The van der Waals surface area contributed by atoms with Crippen LogP contribution in [0.25, 0.3) is 43.1 Å². The third-order valence-electron chi connectivity index (χ3n) is 7.37. The van der Waals surface area contributed by atoms with E-state index in [1.165, 1.54) is 100 Å². The van der Waals surface area contributed by atoms with E-state index in [-0.39, 0.29) is 0 Å². The summed E-state index contributed by atoms with van der Waals surface area (Å²) < 4.78 is 6.15. The Morgan fingerprint density at radius 3 is 1.71 bits per heavy atom. The number of ether oxygens (including phenoxy) is 1. The molecule has 0 spiro atoms. The van der Waals surface area contributed by atoms with Gasteiger partial charge in [0.2, 0.25) is 0 Å². The Balaban J connectivity index is 1.22. The average molecular weight is 452 g/mol. The minimum absolute atomic E-state index is 0.688. The van der Waals surface area contributed by atoms with Crippen molar-refractivity contribution in [3.05, 3.63) is 72.3 Å². The van der Waals surface area contributed by atoms with Gasteiger partial charge in [-0.2, -0.15) is 0 Å². The second-order valence-electron chi connectivity index (χ2n) is 9.73. The minimum atomic E-state index is 0.688. The molecule has 2 N–H and O–H groups in total. The average Bonchev–Trinajstić information content (AvgIpc) is 2.88. The molecule has 0 radical (unpaired) electrons. The molecule has 34 heavy (non-hydrogen) atoms. The van der Waals surface area contributed by atoms with Crippen molar-refractivity contribution in [2.75, 3.05) is 13.2 Å². The first kappa shape index (κ1) is 23.1. The molecule has 0 heterocycles. The molecule has 0 unspecified atom stereocenters. The molecule has 5 aromatic rings. The Labute approximate surface area is 203 Å². The summed E-state index contributed by atoms with van der Waals surface area (Å²) in [7, 11) is 0.